The number of aromatic amines is 1. The zero-order valence-corrected chi connectivity index (χ0v) is 9.21. The summed E-state index contributed by atoms with van der Waals surface area (Å²) in [5, 5.41) is 6.64. The number of halogens is 1. The number of amides is 1. The van der Waals surface area contributed by atoms with Gasteiger partial charge in [-0.25, -0.2) is 0 Å². The maximum atomic E-state index is 11.7. The standard InChI is InChI=1S/C9H13ClN4O/c1-5-8(9(11)13-12-5)14-4-6(3-10)2-7(14)15/h6H,2-4H2,1H3,(H3,11,12,13). The molecular weight excluding hydrogens is 216 g/mol. The summed E-state index contributed by atoms with van der Waals surface area (Å²) < 4.78 is 0. The van der Waals surface area contributed by atoms with Gasteiger partial charge in [0.15, 0.2) is 5.82 Å². The summed E-state index contributed by atoms with van der Waals surface area (Å²) in [7, 11) is 0. The van der Waals surface area contributed by atoms with Crippen molar-refractivity contribution in [3.05, 3.63) is 5.69 Å². The van der Waals surface area contributed by atoms with Crippen molar-refractivity contribution in [2.45, 2.75) is 13.3 Å². The Labute approximate surface area is 92.6 Å². The number of carbonyl (C=O) groups excluding carboxylic acids is 1. The highest BCUT2D eigenvalue weighted by Gasteiger charge is 2.32. The first-order valence-corrected chi connectivity index (χ1v) is 5.33. The molecule has 0 radical (unpaired) electrons. The molecule has 15 heavy (non-hydrogen) atoms. The maximum absolute atomic E-state index is 11.7. The van der Waals surface area contributed by atoms with Crippen molar-refractivity contribution in [2.24, 2.45) is 5.92 Å². The number of alkyl halides is 1. The van der Waals surface area contributed by atoms with Crippen LogP contribution in [0.1, 0.15) is 12.1 Å². The van der Waals surface area contributed by atoms with E-state index in [-0.39, 0.29) is 11.8 Å². The lowest BCUT2D eigenvalue weighted by Gasteiger charge is -2.15. The number of hydrogen-bond acceptors (Lipinski definition) is 3. The molecule has 1 aromatic heterocycles. The van der Waals surface area contributed by atoms with E-state index in [1.807, 2.05) is 6.92 Å². The first-order valence-electron chi connectivity index (χ1n) is 4.80. The van der Waals surface area contributed by atoms with Crippen LogP contribution >= 0.6 is 11.6 Å². The molecule has 82 valence electrons. The highest BCUT2D eigenvalue weighted by atomic mass is 35.5. The highest BCUT2D eigenvalue weighted by molar-refractivity contribution is 6.18. The maximum Gasteiger partial charge on any atom is 0.227 e. The third kappa shape index (κ3) is 1.67. The first kappa shape index (κ1) is 10.3. The van der Waals surface area contributed by atoms with E-state index in [0.717, 1.165) is 5.69 Å². The smallest absolute Gasteiger partial charge is 0.227 e. The molecule has 6 heteroatoms. The van der Waals surface area contributed by atoms with Gasteiger partial charge in [-0.05, 0) is 12.8 Å². The fourth-order valence-corrected chi connectivity index (χ4v) is 2.09. The van der Waals surface area contributed by atoms with E-state index >= 15 is 0 Å². The van der Waals surface area contributed by atoms with E-state index in [1.54, 1.807) is 4.90 Å². The Balaban J connectivity index is 2.29. The number of nitrogens with zero attached hydrogens (tertiary/aromatic N) is 2. The van der Waals surface area contributed by atoms with Gasteiger partial charge in [-0.3, -0.25) is 9.89 Å². The van der Waals surface area contributed by atoms with Crippen LogP contribution in [0.2, 0.25) is 0 Å². The van der Waals surface area contributed by atoms with Gasteiger partial charge >= 0.3 is 0 Å². The predicted molar refractivity (Wildman–Crippen MR) is 58.9 cm³/mol. The van der Waals surface area contributed by atoms with E-state index in [4.69, 9.17) is 17.3 Å². The van der Waals surface area contributed by atoms with Gasteiger partial charge in [-0.2, -0.15) is 5.10 Å². The Morgan fingerprint density at radius 3 is 2.93 bits per heavy atom. The predicted octanol–water partition coefficient (Wildman–Crippen LogP) is 0.892. The summed E-state index contributed by atoms with van der Waals surface area (Å²) in [6.07, 6.45) is 0.494. The number of anilines is 2. The van der Waals surface area contributed by atoms with Crippen molar-refractivity contribution in [2.75, 3.05) is 23.1 Å². The van der Waals surface area contributed by atoms with Crippen LogP contribution in [0.5, 0.6) is 0 Å². The SMILES string of the molecule is Cc1[nH]nc(N)c1N1CC(CCl)CC1=O. The van der Waals surface area contributed by atoms with Gasteiger partial charge in [-0.15, -0.1) is 11.6 Å². The summed E-state index contributed by atoms with van der Waals surface area (Å²) in [5.41, 5.74) is 7.22. The quantitative estimate of drug-likeness (QED) is 0.739. The molecule has 5 nitrogen and oxygen atoms in total. The van der Waals surface area contributed by atoms with Gasteiger partial charge in [-0.1, -0.05) is 0 Å². The lowest BCUT2D eigenvalue weighted by atomic mass is 10.1. The Bertz CT molecular complexity index is 370. The molecule has 0 saturated carbocycles. The summed E-state index contributed by atoms with van der Waals surface area (Å²) in [4.78, 5) is 13.4. The highest BCUT2D eigenvalue weighted by Crippen LogP contribution is 2.31. The first-order chi connectivity index (χ1) is 7.13. The van der Waals surface area contributed by atoms with Crippen LogP contribution in [0.4, 0.5) is 11.5 Å². The number of carbonyl (C=O) groups is 1. The monoisotopic (exact) mass is 228 g/mol. The van der Waals surface area contributed by atoms with Crippen LogP contribution in [0.15, 0.2) is 0 Å². The van der Waals surface area contributed by atoms with Gasteiger partial charge in [0.1, 0.15) is 5.69 Å². The van der Waals surface area contributed by atoms with Crippen molar-refractivity contribution in [3.8, 4) is 0 Å². The van der Waals surface area contributed by atoms with E-state index in [9.17, 15) is 4.79 Å². The number of hydrogen-bond donors (Lipinski definition) is 2. The topological polar surface area (TPSA) is 75.0 Å². The zero-order chi connectivity index (χ0) is 11.0. The molecule has 1 aliphatic heterocycles. The molecule has 1 amide bonds. The van der Waals surface area contributed by atoms with E-state index < -0.39 is 0 Å². The fraction of sp³-hybridized carbons (Fsp3) is 0.556. The van der Waals surface area contributed by atoms with Crippen LogP contribution in [0, 0.1) is 12.8 Å². The van der Waals surface area contributed by atoms with Gasteiger partial charge < -0.3 is 10.6 Å². The minimum Gasteiger partial charge on any atom is -0.380 e. The van der Waals surface area contributed by atoms with Crippen LogP contribution in [-0.4, -0.2) is 28.5 Å². The second-order valence-electron chi connectivity index (χ2n) is 3.81. The Morgan fingerprint density at radius 1 is 1.73 bits per heavy atom. The summed E-state index contributed by atoms with van der Waals surface area (Å²) in [6, 6.07) is 0. The minimum absolute atomic E-state index is 0.0665. The Hall–Kier alpha value is -1.23. The molecule has 2 heterocycles. The molecule has 0 aromatic carbocycles. The molecule has 1 fully saturated rings. The number of nitrogen functional groups attached to an aromatic ring is 1. The van der Waals surface area contributed by atoms with Gasteiger partial charge in [0, 0.05) is 18.8 Å². The zero-order valence-electron chi connectivity index (χ0n) is 8.46. The van der Waals surface area contributed by atoms with Crippen molar-refractivity contribution in [1.29, 1.82) is 0 Å². The van der Waals surface area contributed by atoms with E-state index in [0.29, 0.717) is 30.4 Å². The average Bonchev–Trinajstić information content (AvgIpc) is 2.71. The van der Waals surface area contributed by atoms with Gasteiger partial charge in [0.2, 0.25) is 5.91 Å². The lowest BCUT2D eigenvalue weighted by molar-refractivity contribution is -0.117. The van der Waals surface area contributed by atoms with E-state index in [2.05, 4.69) is 10.2 Å². The Morgan fingerprint density at radius 2 is 2.47 bits per heavy atom. The fourth-order valence-electron chi connectivity index (χ4n) is 1.88. The molecular formula is C9H13ClN4O. The van der Waals surface area contributed by atoms with Gasteiger partial charge in [0.05, 0.1) is 5.69 Å². The largest absolute Gasteiger partial charge is 0.380 e. The molecule has 1 aliphatic rings. The lowest BCUT2D eigenvalue weighted by Crippen LogP contribution is -2.25. The molecule has 0 aliphatic carbocycles. The summed E-state index contributed by atoms with van der Waals surface area (Å²) in [6.45, 7) is 2.48. The van der Waals surface area contributed by atoms with Gasteiger partial charge in [0.25, 0.3) is 0 Å². The molecule has 1 unspecified atom stereocenters. The summed E-state index contributed by atoms with van der Waals surface area (Å²) in [5.74, 6) is 1.15. The van der Waals surface area contributed by atoms with Crippen LogP contribution in [0.3, 0.4) is 0 Å². The van der Waals surface area contributed by atoms with Crippen LogP contribution < -0.4 is 10.6 Å². The number of aromatic nitrogens is 2. The molecule has 1 atom stereocenters. The molecule has 0 bridgehead atoms. The number of nitrogens with one attached hydrogen (secondary N) is 1. The molecule has 1 aromatic rings. The third-order valence-corrected chi connectivity index (χ3v) is 3.07. The van der Waals surface area contributed by atoms with E-state index in [1.165, 1.54) is 0 Å². The second-order valence-corrected chi connectivity index (χ2v) is 4.12. The number of rotatable bonds is 2. The van der Waals surface area contributed by atoms with Crippen molar-refractivity contribution >= 4 is 29.0 Å². The van der Waals surface area contributed by atoms with Crippen LogP contribution in [-0.2, 0) is 4.79 Å². The van der Waals surface area contributed by atoms with Crippen LogP contribution in [0.25, 0.3) is 0 Å². The minimum atomic E-state index is 0.0665. The number of H-pyrrole nitrogens is 1. The Kier molecular flexibility index (Phi) is 2.56. The van der Waals surface area contributed by atoms with Crippen molar-refractivity contribution in [3.63, 3.8) is 0 Å². The number of nitrogens with two attached hydrogens (primary N) is 1. The summed E-state index contributed by atoms with van der Waals surface area (Å²) >= 11 is 5.75. The normalized spacial score (nSPS) is 21.3. The van der Waals surface area contributed by atoms with Crippen molar-refractivity contribution < 1.29 is 4.79 Å². The molecule has 1 saturated heterocycles. The second kappa shape index (κ2) is 3.73. The molecule has 2 rings (SSSR count). The molecule has 0 spiro atoms. The molecule has 3 N–H and O–H groups in total. The number of aryl methyl sites for hydroxylation is 1. The average molecular weight is 229 g/mol. The van der Waals surface area contributed by atoms with Crippen molar-refractivity contribution in [1.82, 2.24) is 10.2 Å². The third-order valence-electron chi connectivity index (χ3n) is 2.64.